The fourth-order valence-corrected chi connectivity index (χ4v) is 6.11. The summed E-state index contributed by atoms with van der Waals surface area (Å²) in [6.45, 7) is 11.4. The molecule has 2 aromatic heterocycles. The van der Waals surface area contributed by atoms with E-state index >= 15 is 8.78 Å². The van der Waals surface area contributed by atoms with Crippen molar-refractivity contribution in [2.45, 2.75) is 32.2 Å². The standard InChI is InChI=1S/C32H37F2N9/c1-4-21-20-37-32(40-31(21)39-27-6-7-28-29(24(27)5-2)36-11-10-35-28)38-22-18-25(33)30(26(34)19-22)43-12-8-23(9-13-43)42-16-14-41(3)15-17-42/h4,6-7,10-11,18-20,23H,1,5,8-9,12-17H2,2-3H3,(H2,37,38,39,40). The molecule has 0 spiro atoms. The van der Waals surface area contributed by atoms with Gasteiger partial charge < -0.3 is 20.4 Å². The Hall–Kier alpha value is -4.22. The quantitative estimate of drug-likeness (QED) is 0.274. The van der Waals surface area contributed by atoms with Gasteiger partial charge in [0.25, 0.3) is 0 Å². The van der Waals surface area contributed by atoms with Crippen molar-refractivity contribution in [3.63, 3.8) is 0 Å². The minimum absolute atomic E-state index is 0.0270. The van der Waals surface area contributed by atoms with Crippen molar-refractivity contribution < 1.29 is 8.78 Å². The SMILES string of the molecule is C=Cc1cnc(Nc2cc(F)c(N3CCC(N4CCN(C)CC4)CC3)c(F)c2)nc1Nc1ccc2nccnc2c1CC. The molecule has 2 aromatic carbocycles. The van der Waals surface area contributed by atoms with Crippen molar-refractivity contribution in [1.29, 1.82) is 0 Å². The van der Waals surface area contributed by atoms with Gasteiger partial charge in [-0.15, -0.1) is 0 Å². The number of piperidine rings is 1. The number of nitrogens with one attached hydrogen (secondary N) is 2. The zero-order valence-corrected chi connectivity index (χ0v) is 24.7. The molecule has 0 bridgehead atoms. The zero-order chi connectivity index (χ0) is 29.9. The first-order valence-electron chi connectivity index (χ1n) is 14.9. The number of likely N-dealkylation sites (N-methyl/N-ethyl adjacent to an activating group) is 1. The van der Waals surface area contributed by atoms with Crippen LogP contribution in [0, 0.1) is 11.6 Å². The Morgan fingerprint density at radius 1 is 0.953 bits per heavy atom. The number of hydrogen-bond acceptors (Lipinski definition) is 9. The van der Waals surface area contributed by atoms with Gasteiger partial charge in [-0.1, -0.05) is 19.6 Å². The second-order valence-electron chi connectivity index (χ2n) is 11.2. The van der Waals surface area contributed by atoms with E-state index in [1.165, 1.54) is 12.1 Å². The van der Waals surface area contributed by atoms with Crippen LogP contribution in [-0.2, 0) is 6.42 Å². The van der Waals surface area contributed by atoms with Crippen LogP contribution in [0.2, 0.25) is 0 Å². The highest BCUT2D eigenvalue weighted by molar-refractivity contribution is 5.85. The first kappa shape index (κ1) is 28.9. The molecule has 2 saturated heterocycles. The van der Waals surface area contributed by atoms with Gasteiger partial charge in [0.1, 0.15) is 11.5 Å². The molecule has 11 heteroatoms. The molecular weight excluding hydrogens is 548 g/mol. The zero-order valence-electron chi connectivity index (χ0n) is 24.7. The number of aryl methyl sites for hydroxylation is 1. The van der Waals surface area contributed by atoms with Gasteiger partial charge in [-0.05, 0) is 50.6 Å². The van der Waals surface area contributed by atoms with Crippen LogP contribution in [0.15, 0.2) is 49.4 Å². The molecule has 0 atom stereocenters. The van der Waals surface area contributed by atoms with Gasteiger partial charge in [0.2, 0.25) is 5.95 Å². The minimum atomic E-state index is -0.605. The number of rotatable bonds is 8. The number of piperazine rings is 1. The molecule has 4 aromatic rings. The first-order valence-corrected chi connectivity index (χ1v) is 14.9. The van der Waals surface area contributed by atoms with Crippen molar-refractivity contribution in [2.75, 3.05) is 61.8 Å². The van der Waals surface area contributed by atoms with Crippen LogP contribution in [0.5, 0.6) is 0 Å². The largest absolute Gasteiger partial charge is 0.367 e. The van der Waals surface area contributed by atoms with Crippen LogP contribution in [0.1, 0.15) is 30.9 Å². The van der Waals surface area contributed by atoms with Crippen LogP contribution in [0.4, 0.5) is 37.6 Å². The van der Waals surface area contributed by atoms with E-state index in [-0.39, 0.29) is 17.3 Å². The van der Waals surface area contributed by atoms with E-state index in [9.17, 15) is 0 Å². The van der Waals surface area contributed by atoms with E-state index in [0.29, 0.717) is 30.5 Å². The molecule has 0 amide bonds. The van der Waals surface area contributed by atoms with E-state index in [1.807, 2.05) is 17.0 Å². The Morgan fingerprint density at radius 3 is 2.37 bits per heavy atom. The lowest BCUT2D eigenvalue weighted by Crippen LogP contribution is -2.52. The maximum Gasteiger partial charge on any atom is 0.229 e. The van der Waals surface area contributed by atoms with Crippen LogP contribution in [-0.4, -0.2) is 82.1 Å². The summed E-state index contributed by atoms with van der Waals surface area (Å²) in [5.74, 6) is -0.504. The molecule has 9 nitrogen and oxygen atoms in total. The van der Waals surface area contributed by atoms with Gasteiger partial charge >= 0.3 is 0 Å². The van der Waals surface area contributed by atoms with Gasteiger partial charge in [-0.25, -0.2) is 13.8 Å². The lowest BCUT2D eigenvalue weighted by atomic mass is 10.0. The lowest BCUT2D eigenvalue weighted by Gasteiger charge is -2.42. The number of aromatic nitrogens is 4. The smallest absolute Gasteiger partial charge is 0.229 e. The van der Waals surface area contributed by atoms with E-state index in [4.69, 9.17) is 0 Å². The highest BCUT2D eigenvalue weighted by Crippen LogP contribution is 2.32. The summed E-state index contributed by atoms with van der Waals surface area (Å²) in [4.78, 5) is 24.6. The fourth-order valence-electron chi connectivity index (χ4n) is 6.11. The van der Waals surface area contributed by atoms with Crippen molar-refractivity contribution in [3.05, 3.63) is 72.2 Å². The number of hydrogen-bond donors (Lipinski definition) is 2. The highest BCUT2D eigenvalue weighted by Gasteiger charge is 2.29. The Labute approximate surface area is 250 Å². The Kier molecular flexibility index (Phi) is 8.44. The van der Waals surface area contributed by atoms with Crippen molar-refractivity contribution in [2.24, 2.45) is 0 Å². The monoisotopic (exact) mass is 585 g/mol. The van der Waals surface area contributed by atoms with Gasteiger partial charge in [0, 0.05) is 86.4 Å². The molecule has 4 heterocycles. The molecule has 0 radical (unpaired) electrons. The van der Waals surface area contributed by atoms with E-state index in [2.05, 4.69) is 60.9 Å². The van der Waals surface area contributed by atoms with E-state index in [1.54, 1.807) is 24.7 Å². The summed E-state index contributed by atoms with van der Waals surface area (Å²) < 4.78 is 30.7. The second kappa shape index (κ2) is 12.6. The third-order valence-corrected chi connectivity index (χ3v) is 8.50. The van der Waals surface area contributed by atoms with Crippen LogP contribution in [0.3, 0.4) is 0 Å². The molecule has 2 aliphatic rings. The van der Waals surface area contributed by atoms with Crippen molar-refractivity contribution in [1.82, 2.24) is 29.7 Å². The molecule has 6 rings (SSSR count). The number of nitrogens with zero attached hydrogens (tertiary/aromatic N) is 7. The summed E-state index contributed by atoms with van der Waals surface area (Å²) in [7, 11) is 2.15. The predicted molar refractivity (Wildman–Crippen MR) is 168 cm³/mol. The van der Waals surface area contributed by atoms with Gasteiger partial charge in [0.15, 0.2) is 11.6 Å². The molecule has 224 valence electrons. The van der Waals surface area contributed by atoms with Gasteiger partial charge in [0.05, 0.1) is 11.0 Å². The number of benzene rings is 2. The van der Waals surface area contributed by atoms with Crippen LogP contribution in [0.25, 0.3) is 17.1 Å². The molecule has 0 saturated carbocycles. The lowest BCUT2D eigenvalue weighted by molar-refractivity contribution is 0.0980. The predicted octanol–water partition coefficient (Wildman–Crippen LogP) is 5.61. The summed E-state index contributed by atoms with van der Waals surface area (Å²) in [6.07, 6.45) is 9.13. The Bertz CT molecular complexity index is 1590. The van der Waals surface area contributed by atoms with Gasteiger partial charge in [-0.2, -0.15) is 4.98 Å². The van der Waals surface area contributed by atoms with E-state index in [0.717, 1.165) is 67.7 Å². The van der Waals surface area contributed by atoms with Crippen LogP contribution < -0.4 is 15.5 Å². The molecule has 2 aliphatic heterocycles. The third-order valence-electron chi connectivity index (χ3n) is 8.50. The highest BCUT2D eigenvalue weighted by atomic mass is 19.1. The molecule has 0 unspecified atom stereocenters. The third kappa shape index (κ3) is 6.14. The Balaban J connectivity index is 1.18. The second-order valence-corrected chi connectivity index (χ2v) is 11.2. The van der Waals surface area contributed by atoms with Crippen molar-refractivity contribution >= 4 is 45.9 Å². The first-order chi connectivity index (χ1) is 20.9. The van der Waals surface area contributed by atoms with Gasteiger partial charge in [-0.3, -0.25) is 14.9 Å². The molecule has 2 fully saturated rings. The number of fused-ring (bicyclic) bond motifs is 1. The maximum atomic E-state index is 15.4. The summed E-state index contributed by atoms with van der Waals surface area (Å²) in [5.41, 5.74) is 4.40. The number of anilines is 5. The molecule has 2 N–H and O–H groups in total. The molecular formula is C32H37F2N9. The summed E-state index contributed by atoms with van der Waals surface area (Å²) >= 11 is 0. The van der Waals surface area contributed by atoms with Crippen LogP contribution >= 0.6 is 0 Å². The fraction of sp³-hybridized carbons (Fsp3) is 0.375. The topological polar surface area (TPSA) is 85.3 Å². The number of halogens is 2. The van der Waals surface area contributed by atoms with E-state index < -0.39 is 11.6 Å². The Morgan fingerprint density at radius 2 is 1.67 bits per heavy atom. The normalized spacial score (nSPS) is 16.9. The summed E-state index contributed by atoms with van der Waals surface area (Å²) in [6, 6.07) is 6.92. The molecule has 0 aliphatic carbocycles. The van der Waals surface area contributed by atoms with Crippen molar-refractivity contribution in [3.8, 4) is 0 Å². The minimum Gasteiger partial charge on any atom is -0.367 e. The maximum absolute atomic E-state index is 15.4. The average Bonchev–Trinajstić information content (AvgIpc) is 3.01. The average molecular weight is 586 g/mol. The summed E-state index contributed by atoms with van der Waals surface area (Å²) in [5, 5.41) is 6.35. The molecule has 43 heavy (non-hydrogen) atoms.